The Morgan fingerprint density at radius 1 is 1.56 bits per heavy atom. The summed E-state index contributed by atoms with van der Waals surface area (Å²) in [4.78, 5) is 23.1. The summed E-state index contributed by atoms with van der Waals surface area (Å²) >= 11 is 0.996. The molecule has 2 N–H and O–H groups in total. The van der Waals surface area contributed by atoms with Crippen LogP contribution in [0.15, 0.2) is 0 Å². The van der Waals surface area contributed by atoms with Crippen molar-refractivity contribution in [2.24, 2.45) is 0 Å². The van der Waals surface area contributed by atoms with E-state index in [1.54, 1.807) is 0 Å². The number of carbonyl (C=O) groups excluding carboxylic acids is 1. The van der Waals surface area contributed by atoms with Gasteiger partial charge in [0.2, 0.25) is 0 Å². The van der Waals surface area contributed by atoms with Crippen LogP contribution < -0.4 is 5.32 Å². The quantitative estimate of drug-likeness (QED) is 0.798. The van der Waals surface area contributed by atoms with Gasteiger partial charge >= 0.3 is 5.97 Å². The Morgan fingerprint density at radius 2 is 2.25 bits per heavy atom. The van der Waals surface area contributed by atoms with Gasteiger partial charge in [-0.3, -0.25) is 4.79 Å². The number of aromatic nitrogens is 2. The minimum absolute atomic E-state index is 0.383. The Morgan fingerprint density at radius 3 is 2.75 bits per heavy atom. The summed E-state index contributed by atoms with van der Waals surface area (Å²) in [6.07, 6.45) is 1.59. The van der Waals surface area contributed by atoms with Crippen molar-refractivity contribution < 1.29 is 14.7 Å². The summed E-state index contributed by atoms with van der Waals surface area (Å²) < 4.78 is 3.69. The van der Waals surface area contributed by atoms with E-state index in [2.05, 4.69) is 14.9 Å². The molecule has 1 aromatic heterocycles. The number of amides is 1. The van der Waals surface area contributed by atoms with Gasteiger partial charge in [-0.15, -0.1) is 5.10 Å². The van der Waals surface area contributed by atoms with Crippen molar-refractivity contribution in [1.29, 1.82) is 0 Å². The zero-order valence-electron chi connectivity index (χ0n) is 8.69. The van der Waals surface area contributed by atoms with E-state index in [1.807, 2.05) is 6.92 Å². The normalized spacial score (nSPS) is 16.8. The number of aliphatic carboxylic acids is 1. The van der Waals surface area contributed by atoms with E-state index in [-0.39, 0.29) is 5.91 Å². The lowest BCUT2D eigenvalue weighted by atomic mass is 10.2. The Hall–Kier alpha value is -1.50. The van der Waals surface area contributed by atoms with Crippen molar-refractivity contribution in [2.75, 3.05) is 0 Å². The van der Waals surface area contributed by atoms with Crippen LogP contribution in [-0.2, 0) is 11.2 Å². The third-order valence-corrected chi connectivity index (χ3v) is 3.38. The molecule has 1 aliphatic carbocycles. The lowest BCUT2D eigenvalue weighted by molar-refractivity contribution is -0.140. The van der Waals surface area contributed by atoms with Gasteiger partial charge in [0.25, 0.3) is 5.91 Å². The number of rotatable bonds is 4. The van der Waals surface area contributed by atoms with Crippen molar-refractivity contribution in [3.05, 3.63) is 10.6 Å². The zero-order chi connectivity index (χ0) is 11.8. The number of aryl methyl sites for hydroxylation is 1. The number of carbonyl (C=O) groups is 2. The molecule has 1 amide bonds. The third-order valence-electron chi connectivity index (χ3n) is 2.61. The standard InChI is InChI=1S/C9H11N3O3S/c1-2-5-6(16-12-11-5)7(13)10-9(3-4-9)8(14)15/h2-4H2,1H3,(H,10,13)(H,14,15). The van der Waals surface area contributed by atoms with Crippen LogP contribution in [0, 0.1) is 0 Å². The molecular formula is C9H11N3O3S. The second-order valence-corrected chi connectivity index (χ2v) is 4.50. The van der Waals surface area contributed by atoms with Gasteiger partial charge < -0.3 is 10.4 Å². The number of carboxylic acids is 1. The van der Waals surface area contributed by atoms with Crippen molar-refractivity contribution >= 4 is 23.4 Å². The summed E-state index contributed by atoms with van der Waals surface area (Å²) in [7, 11) is 0. The first-order valence-corrected chi connectivity index (χ1v) is 5.73. The maximum atomic E-state index is 11.8. The third kappa shape index (κ3) is 1.78. The molecule has 86 valence electrons. The molecule has 6 nitrogen and oxygen atoms in total. The lowest BCUT2D eigenvalue weighted by Gasteiger charge is -2.11. The Kier molecular flexibility index (Phi) is 2.63. The van der Waals surface area contributed by atoms with E-state index in [1.165, 1.54) is 0 Å². The maximum Gasteiger partial charge on any atom is 0.329 e. The van der Waals surface area contributed by atoms with E-state index >= 15 is 0 Å². The molecule has 2 rings (SSSR count). The smallest absolute Gasteiger partial charge is 0.329 e. The molecule has 0 unspecified atom stereocenters. The van der Waals surface area contributed by atoms with E-state index < -0.39 is 11.5 Å². The van der Waals surface area contributed by atoms with Crippen molar-refractivity contribution in [3.63, 3.8) is 0 Å². The average molecular weight is 241 g/mol. The van der Waals surface area contributed by atoms with Crippen LogP contribution in [0.1, 0.15) is 35.1 Å². The molecule has 0 atom stereocenters. The van der Waals surface area contributed by atoms with E-state index in [0.29, 0.717) is 29.8 Å². The van der Waals surface area contributed by atoms with Crippen LogP contribution in [0.3, 0.4) is 0 Å². The largest absolute Gasteiger partial charge is 0.480 e. The fraction of sp³-hybridized carbons (Fsp3) is 0.556. The second kappa shape index (κ2) is 3.82. The number of hydrogen-bond acceptors (Lipinski definition) is 5. The van der Waals surface area contributed by atoms with Gasteiger partial charge in [0.15, 0.2) is 0 Å². The minimum Gasteiger partial charge on any atom is -0.480 e. The van der Waals surface area contributed by atoms with Crippen LogP contribution in [0.25, 0.3) is 0 Å². The molecule has 1 saturated carbocycles. The minimum atomic E-state index is -1.05. The van der Waals surface area contributed by atoms with Gasteiger partial charge in [0, 0.05) is 0 Å². The van der Waals surface area contributed by atoms with Crippen LogP contribution in [0.2, 0.25) is 0 Å². The second-order valence-electron chi connectivity index (χ2n) is 3.74. The van der Waals surface area contributed by atoms with E-state index in [9.17, 15) is 9.59 Å². The first kappa shape index (κ1) is 11.0. The summed E-state index contributed by atoms with van der Waals surface area (Å²) in [6.45, 7) is 1.87. The SMILES string of the molecule is CCc1nnsc1C(=O)NC1(C(=O)O)CC1. The molecule has 0 aliphatic heterocycles. The molecule has 1 aliphatic rings. The van der Waals surface area contributed by atoms with Crippen LogP contribution in [0.4, 0.5) is 0 Å². The number of nitrogens with zero attached hydrogens (tertiary/aromatic N) is 2. The molecule has 1 fully saturated rings. The fourth-order valence-electron chi connectivity index (χ4n) is 1.40. The van der Waals surface area contributed by atoms with Crippen molar-refractivity contribution in [2.45, 2.75) is 31.7 Å². The van der Waals surface area contributed by atoms with Gasteiger partial charge in [-0.2, -0.15) is 0 Å². The first-order valence-electron chi connectivity index (χ1n) is 4.96. The predicted octanol–water partition coefficient (Wildman–Crippen LogP) is 0.447. The first-order chi connectivity index (χ1) is 7.59. The van der Waals surface area contributed by atoms with Crippen LogP contribution >= 0.6 is 11.5 Å². The zero-order valence-corrected chi connectivity index (χ0v) is 9.50. The highest BCUT2D eigenvalue weighted by Gasteiger charge is 2.52. The molecule has 0 radical (unpaired) electrons. The summed E-state index contributed by atoms with van der Waals surface area (Å²) in [6, 6.07) is 0. The highest BCUT2D eigenvalue weighted by molar-refractivity contribution is 7.08. The predicted molar refractivity (Wildman–Crippen MR) is 56.4 cm³/mol. The highest BCUT2D eigenvalue weighted by Crippen LogP contribution is 2.36. The summed E-state index contributed by atoms with van der Waals surface area (Å²) in [5.74, 6) is -1.36. The molecule has 1 heterocycles. The topological polar surface area (TPSA) is 92.2 Å². The van der Waals surface area contributed by atoms with Gasteiger partial charge in [-0.25, -0.2) is 4.79 Å². The Labute approximate surface area is 95.8 Å². The summed E-state index contributed by atoms with van der Waals surface area (Å²) in [5, 5.41) is 15.3. The van der Waals surface area contributed by atoms with Crippen LogP contribution in [0.5, 0.6) is 0 Å². The van der Waals surface area contributed by atoms with Crippen LogP contribution in [-0.4, -0.2) is 32.1 Å². The molecule has 7 heteroatoms. The fourth-order valence-corrected chi connectivity index (χ4v) is 2.05. The molecule has 0 bridgehead atoms. The molecular weight excluding hydrogens is 230 g/mol. The van der Waals surface area contributed by atoms with E-state index in [4.69, 9.17) is 5.11 Å². The van der Waals surface area contributed by atoms with Gasteiger partial charge in [-0.05, 0) is 30.8 Å². The molecule has 0 spiro atoms. The van der Waals surface area contributed by atoms with Gasteiger partial charge in [0.05, 0.1) is 5.69 Å². The summed E-state index contributed by atoms with van der Waals surface area (Å²) in [5.41, 5.74) is -0.435. The number of nitrogens with one attached hydrogen (secondary N) is 1. The Balaban J connectivity index is 2.12. The van der Waals surface area contributed by atoms with Crippen molar-refractivity contribution in [1.82, 2.24) is 14.9 Å². The Bertz CT molecular complexity index is 439. The molecule has 1 aromatic rings. The van der Waals surface area contributed by atoms with Crippen molar-refractivity contribution in [3.8, 4) is 0 Å². The lowest BCUT2D eigenvalue weighted by Crippen LogP contribution is -2.43. The van der Waals surface area contributed by atoms with Gasteiger partial charge in [0.1, 0.15) is 10.4 Å². The number of hydrogen-bond donors (Lipinski definition) is 2. The van der Waals surface area contributed by atoms with E-state index in [0.717, 1.165) is 11.5 Å². The highest BCUT2D eigenvalue weighted by atomic mass is 32.1. The average Bonchev–Trinajstić information content (AvgIpc) is 2.88. The molecule has 0 aromatic carbocycles. The number of carboxylic acid groups (broad SMARTS) is 1. The monoisotopic (exact) mass is 241 g/mol. The van der Waals surface area contributed by atoms with Gasteiger partial charge in [-0.1, -0.05) is 11.4 Å². The molecule has 0 saturated heterocycles. The molecule has 16 heavy (non-hydrogen) atoms. The maximum absolute atomic E-state index is 11.8.